The van der Waals surface area contributed by atoms with Crippen LogP contribution in [0, 0.1) is 5.82 Å². The summed E-state index contributed by atoms with van der Waals surface area (Å²) in [6.45, 7) is 3.73. The molecule has 2 aromatic carbocycles. The summed E-state index contributed by atoms with van der Waals surface area (Å²) < 4.78 is 20.4. The number of rotatable bonds is 6. The lowest BCUT2D eigenvalue weighted by Gasteiger charge is -2.27. The fraction of sp³-hybridized carbons (Fsp3) is 0.360. The minimum atomic E-state index is -0.301. The van der Waals surface area contributed by atoms with Crippen LogP contribution in [0.2, 0.25) is 0 Å². The highest BCUT2D eigenvalue weighted by Gasteiger charge is 2.23. The van der Waals surface area contributed by atoms with Crippen molar-refractivity contribution in [3.63, 3.8) is 0 Å². The van der Waals surface area contributed by atoms with Crippen molar-refractivity contribution in [3.05, 3.63) is 76.9 Å². The quantitative estimate of drug-likeness (QED) is 0.441. The summed E-state index contributed by atoms with van der Waals surface area (Å²) in [6, 6.07) is 14.6. The van der Waals surface area contributed by atoms with Gasteiger partial charge >= 0.3 is 0 Å². The van der Waals surface area contributed by atoms with Crippen molar-refractivity contribution >= 4 is 5.96 Å². The van der Waals surface area contributed by atoms with E-state index in [9.17, 15) is 9.50 Å². The predicted octanol–water partition coefficient (Wildman–Crippen LogP) is 4.43. The van der Waals surface area contributed by atoms with Crippen molar-refractivity contribution in [2.75, 3.05) is 13.1 Å². The lowest BCUT2D eigenvalue weighted by Crippen LogP contribution is -2.40. The molecular weight excluding hydrogens is 407 g/mol. The van der Waals surface area contributed by atoms with E-state index in [0.717, 1.165) is 37.1 Å². The van der Waals surface area contributed by atoms with Gasteiger partial charge in [-0.3, -0.25) is 0 Å². The first-order chi connectivity index (χ1) is 15.6. The largest absolute Gasteiger partial charge is 0.391 e. The Hall–Kier alpha value is -3.19. The number of guanidine groups is 1. The van der Waals surface area contributed by atoms with E-state index in [-0.39, 0.29) is 24.9 Å². The van der Waals surface area contributed by atoms with Crippen LogP contribution in [0.5, 0.6) is 0 Å². The summed E-state index contributed by atoms with van der Waals surface area (Å²) in [5.74, 6) is 0.428. The molecule has 0 amide bonds. The summed E-state index contributed by atoms with van der Waals surface area (Å²) in [5.41, 5.74) is 9.39. The van der Waals surface area contributed by atoms with Crippen LogP contribution < -0.4 is 5.73 Å². The van der Waals surface area contributed by atoms with Gasteiger partial charge in [0.15, 0.2) is 5.96 Å². The van der Waals surface area contributed by atoms with E-state index in [1.54, 1.807) is 6.07 Å². The molecule has 1 unspecified atom stereocenters. The molecule has 1 aliphatic rings. The Bertz CT molecular complexity index is 1070. The van der Waals surface area contributed by atoms with Crippen LogP contribution in [-0.4, -0.2) is 34.2 Å². The number of aliphatic hydroxyl groups excluding tert-OH is 1. The molecule has 1 aromatic heterocycles. The minimum Gasteiger partial charge on any atom is -0.391 e. The third-order valence-electron chi connectivity index (χ3n) is 6.10. The smallest absolute Gasteiger partial charge is 0.191 e. The zero-order chi connectivity index (χ0) is 22.5. The average molecular weight is 437 g/mol. The first-order valence-electron chi connectivity index (χ1n) is 11.1. The number of aliphatic imine (C=N–C) groups is 1. The van der Waals surface area contributed by atoms with Crippen LogP contribution in [0.15, 0.2) is 58.0 Å². The highest BCUT2D eigenvalue weighted by molar-refractivity contribution is 5.78. The molecule has 32 heavy (non-hydrogen) atoms. The van der Waals surface area contributed by atoms with Crippen molar-refractivity contribution in [3.8, 4) is 11.1 Å². The lowest BCUT2D eigenvalue weighted by molar-refractivity contribution is 0.275. The van der Waals surface area contributed by atoms with Gasteiger partial charge in [0, 0.05) is 30.1 Å². The van der Waals surface area contributed by atoms with E-state index in [1.165, 1.54) is 12.5 Å². The van der Waals surface area contributed by atoms with Crippen molar-refractivity contribution < 1.29 is 14.0 Å². The number of nitrogens with two attached hydrogens (primary N) is 1. The van der Waals surface area contributed by atoms with Crippen LogP contribution in [0.1, 0.15) is 54.7 Å². The summed E-state index contributed by atoms with van der Waals surface area (Å²) in [6.07, 6.45) is 3.45. The van der Waals surface area contributed by atoms with Gasteiger partial charge < -0.3 is 20.3 Å². The highest BCUT2D eigenvalue weighted by Crippen LogP contribution is 2.32. The van der Waals surface area contributed by atoms with Gasteiger partial charge in [-0.25, -0.2) is 9.38 Å². The molecule has 0 aliphatic carbocycles. The summed E-state index contributed by atoms with van der Waals surface area (Å²) >= 11 is 0. The highest BCUT2D eigenvalue weighted by atomic mass is 19.1. The van der Waals surface area contributed by atoms with Crippen molar-refractivity contribution in [1.82, 2.24) is 10.1 Å². The Morgan fingerprint density at radius 1 is 1.19 bits per heavy atom. The molecule has 0 bridgehead atoms. The van der Waals surface area contributed by atoms with Crippen molar-refractivity contribution in [2.24, 2.45) is 10.7 Å². The fourth-order valence-electron chi connectivity index (χ4n) is 4.17. The van der Waals surface area contributed by atoms with E-state index in [1.807, 2.05) is 43.3 Å². The van der Waals surface area contributed by atoms with Crippen LogP contribution >= 0.6 is 0 Å². The van der Waals surface area contributed by atoms with E-state index in [2.05, 4.69) is 15.0 Å². The van der Waals surface area contributed by atoms with Crippen LogP contribution in [0.25, 0.3) is 11.1 Å². The van der Waals surface area contributed by atoms with Crippen LogP contribution in [0.3, 0.4) is 0 Å². The Balaban J connectivity index is 1.53. The zero-order valence-electron chi connectivity index (χ0n) is 18.3. The minimum absolute atomic E-state index is 0.232. The number of nitrogens with zero attached hydrogens (tertiary/aromatic N) is 3. The molecule has 4 rings (SSSR count). The van der Waals surface area contributed by atoms with Gasteiger partial charge in [0.25, 0.3) is 0 Å². The van der Waals surface area contributed by atoms with Gasteiger partial charge in [-0.2, -0.15) is 0 Å². The number of aromatic nitrogens is 1. The van der Waals surface area contributed by atoms with Crippen LogP contribution in [-0.2, 0) is 13.2 Å². The summed E-state index contributed by atoms with van der Waals surface area (Å²) in [7, 11) is 0. The van der Waals surface area contributed by atoms with E-state index in [0.29, 0.717) is 28.5 Å². The topological polar surface area (TPSA) is 87.9 Å². The number of hydrogen-bond acceptors (Lipinski definition) is 4. The SMILES string of the molecule is CC(c1ccc(-c2ccccc2)c(F)c1)c1onc(CN=C(N)N2CCCCC2)c1CO. The third-order valence-corrected chi connectivity index (χ3v) is 6.10. The average Bonchev–Trinajstić information content (AvgIpc) is 3.26. The molecule has 1 saturated heterocycles. The van der Waals surface area contributed by atoms with E-state index < -0.39 is 0 Å². The van der Waals surface area contributed by atoms with Crippen molar-refractivity contribution in [1.29, 1.82) is 0 Å². The molecule has 2 heterocycles. The second kappa shape index (κ2) is 9.96. The molecule has 1 aliphatic heterocycles. The summed E-state index contributed by atoms with van der Waals surface area (Å²) in [5, 5.41) is 14.1. The normalized spacial score (nSPS) is 15.7. The number of benzene rings is 2. The Labute approximate surface area is 187 Å². The van der Waals surface area contributed by atoms with Gasteiger partial charge in [-0.1, -0.05) is 54.5 Å². The number of piperidine rings is 1. The molecule has 3 aromatic rings. The molecule has 1 atom stereocenters. The second-order valence-corrected chi connectivity index (χ2v) is 8.18. The Morgan fingerprint density at radius 2 is 1.94 bits per heavy atom. The molecule has 1 fully saturated rings. The van der Waals surface area contributed by atoms with Gasteiger partial charge in [-0.05, 0) is 36.5 Å². The molecule has 6 nitrogen and oxygen atoms in total. The number of halogens is 1. The maximum Gasteiger partial charge on any atom is 0.191 e. The fourth-order valence-corrected chi connectivity index (χ4v) is 4.17. The molecule has 0 saturated carbocycles. The standard InChI is InChI=1S/C25H29FN4O2/c1-17(19-10-11-20(22(26)14-19)18-8-4-2-5-9-18)24-21(16-31)23(29-32-24)15-28-25(27)30-12-6-3-7-13-30/h2,4-5,8-11,14,17,31H,3,6-7,12-13,15-16H2,1H3,(H2,27,28). The second-order valence-electron chi connectivity index (χ2n) is 8.18. The number of hydrogen-bond donors (Lipinski definition) is 2. The number of aliphatic hydroxyl groups is 1. The zero-order valence-corrected chi connectivity index (χ0v) is 18.3. The molecule has 0 spiro atoms. The van der Waals surface area contributed by atoms with Gasteiger partial charge in [0.2, 0.25) is 0 Å². The molecular formula is C25H29FN4O2. The molecule has 3 N–H and O–H groups in total. The maximum absolute atomic E-state index is 14.9. The number of likely N-dealkylation sites (tertiary alicyclic amines) is 1. The van der Waals surface area contributed by atoms with E-state index in [4.69, 9.17) is 10.3 Å². The lowest BCUT2D eigenvalue weighted by atomic mass is 9.93. The van der Waals surface area contributed by atoms with Crippen molar-refractivity contribution in [2.45, 2.75) is 45.3 Å². The first-order valence-corrected chi connectivity index (χ1v) is 11.1. The van der Waals surface area contributed by atoms with Gasteiger partial charge in [0.1, 0.15) is 17.3 Å². The predicted molar refractivity (Wildman–Crippen MR) is 123 cm³/mol. The Morgan fingerprint density at radius 3 is 2.62 bits per heavy atom. The van der Waals surface area contributed by atoms with Crippen LogP contribution in [0.4, 0.5) is 4.39 Å². The first kappa shape index (κ1) is 22.0. The van der Waals surface area contributed by atoms with Gasteiger partial charge in [0.05, 0.1) is 13.2 Å². The maximum atomic E-state index is 14.9. The molecule has 168 valence electrons. The summed E-state index contributed by atoms with van der Waals surface area (Å²) in [4.78, 5) is 6.53. The molecule has 0 radical (unpaired) electrons. The monoisotopic (exact) mass is 436 g/mol. The molecule has 7 heteroatoms. The Kier molecular flexibility index (Phi) is 6.85. The third kappa shape index (κ3) is 4.67. The van der Waals surface area contributed by atoms with Gasteiger partial charge in [-0.15, -0.1) is 0 Å². The van der Waals surface area contributed by atoms with E-state index >= 15 is 0 Å².